The highest BCUT2D eigenvalue weighted by molar-refractivity contribution is 8.00. The van der Waals surface area contributed by atoms with E-state index in [-0.39, 0.29) is 12.4 Å². The van der Waals surface area contributed by atoms with Crippen LogP contribution in [0, 0.1) is 5.82 Å². The molecule has 2 unspecified atom stereocenters. The van der Waals surface area contributed by atoms with E-state index in [1.807, 2.05) is 18.7 Å². The maximum atomic E-state index is 13.7. The van der Waals surface area contributed by atoms with Gasteiger partial charge in [0.1, 0.15) is 11.9 Å². The molecule has 1 fully saturated rings. The quantitative estimate of drug-likeness (QED) is 0.640. The second kappa shape index (κ2) is 9.13. The molecule has 1 aromatic rings. The summed E-state index contributed by atoms with van der Waals surface area (Å²) in [7, 11) is 0. The Balaban J connectivity index is 2.05. The van der Waals surface area contributed by atoms with Crippen LogP contribution < -0.4 is 5.32 Å². The Kier molecular flexibility index (Phi) is 7.17. The molecule has 0 aliphatic carbocycles. The normalized spacial score (nSPS) is 20.4. The zero-order valence-corrected chi connectivity index (χ0v) is 14.7. The van der Waals surface area contributed by atoms with Crippen molar-refractivity contribution in [2.45, 2.75) is 31.6 Å². The van der Waals surface area contributed by atoms with E-state index in [0.29, 0.717) is 10.8 Å². The van der Waals surface area contributed by atoms with E-state index < -0.39 is 6.10 Å². The fraction of sp³-hybridized carbons (Fsp3) is 0.588. The third-order valence-corrected chi connectivity index (χ3v) is 5.28. The first-order valence-electron chi connectivity index (χ1n) is 8.23. The van der Waals surface area contributed by atoms with Crippen molar-refractivity contribution in [2.24, 2.45) is 4.99 Å². The second-order valence-electron chi connectivity index (χ2n) is 5.58. The SMILES string of the molecule is CCNC(=NCC(O)c1ccccc1F)N1CCSC(CC)C1. The third-order valence-electron chi connectivity index (χ3n) is 3.91. The summed E-state index contributed by atoms with van der Waals surface area (Å²) >= 11 is 2.00. The van der Waals surface area contributed by atoms with Crippen LogP contribution in [0.3, 0.4) is 0 Å². The molecule has 1 heterocycles. The summed E-state index contributed by atoms with van der Waals surface area (Å²) < 4.78 is 13.7. The first-order chi connectivity index (χ1) is 11.2. The van der Waals surface area contributed by atoms with Gasteiger partial charge in [0, 0.05) is 36.2 Å². The van der Waals surface area contributed by atoms with Gasteiger partial charge < -0.3 is 15.3 Å². The zero-order valence-electron chi connectivity index (χ0n) is 13.8. The van der Waals surface area contributed by atoms with Gasteiger partial charge in [-0.05, 0) is 19.4 Å². The van der Waals surface area contributed by atoms with Gasteiger partial charge in [-0.3, -0.25) is 4.99 Å². The summed E-state index contributed by atoms with van der Waals surface area (Å²) in [6.45, 7) is 7.07. The topological polar surface area (TPSA) is 47.9 Å². The standard InChI is InChI=1S/C17H26FN3OS/c1-3-13-12-21(9-10-23-13)17(19-4-2)20-11-16(22)14-7-5-6-8-15(14)18/h5-8,13,16,22H,3-4,9-12H2,1-2H3,(H,19,20). The van der Waals surface area contributed by atoms with Gasteiger partial charge in [0.2, 0.25) is 0 Å². The van der Waals surface area contributed by atoms with Gasteiger partial charge in [-0.25, -0.2) is 4.39 Å². The van der Waals surface area contributed by atoms with Gasteiger partial charge in [0.05, 0.1) is 6.54 Å². The lowest BCUT2D eigenvalue weighted by molar-refractivity contribution is 0.181. The number of aliphatic imine (C=N–C) groups is 1. The van der Waals surface area contributed by atoms with Crippen molar-refractivity contribution in [1.82, 2.24) is 10.2 Å². The predicted molar refractivity (Wildman–Crippen MR) is 95.4 cm³/mol. The number of rotatable bonds is 5. The zero-order chi connectivity index (χ0) is 16.7. The van der Waals surface area contributed by atoms with Crippen molar-refractivity contribution in [3.05, 3.63) is 35.6 Å². The van der Waals surface area contributed by atoms with Crippen molar-refractivity contribution >= 4 is 17.7 Å². The molecule has 0 amide bonds. The van der Waals surface area contributed by atoms with Crippen LogP contribution in [0.1, 0.15) is 31.9 Å². The van der Waals surface area contributed by atoms with Gasteiger partial charge in [0.15, 0.2) is 5.96 Å². The number of nitrogens with one attached hydrogen (secondary N) is 1. The molecule has 1 aliphatic heterocycles. The summed E-state index contributed by atoms with van der Waals surface area (Å²) in [5, 5.41) is 14.1. The van der Waals surface area contributed by atoms with Crippen LogP contribution in [0.2, 0.25) is 0 Å². The molecule has 2 rings (SSSR count). The monoisotopic (exact) mass is 339 g/mol. The van der Waals surface area contributed by atoms with E-state index in [0.717, 1.165) is 37.8 Å². The maximum Gasteiger partial charge on any atom is 0.194 e. The fourth-order valence-corrected chi connectivity index (χ4v) is 3.78. The Bertz CT molecular complexity index is 526. The lowest BCUT2D eigenvalue weighted by atomic mass is 10.1. The van der Waals surface area contributed by atoms with Crippen LogP contribution in [0.4, 0.5) is 4.39 Å². The van der Waals surface area contributed by atoms with Crippen molar-refractivity contribution in [2.75, 3.05) is 31.9 Å². The van der Waals surface area contributed by atoms with E-state index in [1.54, 1.807) is 18.2 Å². The largest absolute Gasteiger partial charge is 0.386 e. The second-order valence-corrected chi connectivity index (χ2v) is 6.99. The number of hydrogen-bond acceptors (Lipinski definition) is 3. The number of hydrogen-bond donors (Lipinski definition) is 2. The van der Waals surface area contributed by atoms with Crippen molar-refractivity contribution < 1.29 is 9.50 Å². The van der Waals surface area contributed by atoms with Crippen molar-refractivity contribution in [3.8, 4) is 0 Å². The molecular formula is C17H26FN3OS. The first kappa shape index (κ1) is 18.1. The molecule has 2 N–H and O–H groups in total. The van der Waals surface area contributed by atoms with Crippen LogP contribution in [0.25, 0.3) is 0 Å². The van der Waals surface area contributed by atoms with Crippen LogP contribution >= 0.6 is 11.8 Å². The minimum absolute atomic E-state index is 0.156. The maximum absolute atomic E-state index is 13.7. The molecule has 23 heavy (non-hydrogen) atoms. The highest BCUT2D eigenvalue weighted by Crippen LogP contribution is 2.21. The molecule has 1 aliphatic rings. The average Bonchev–Trinajstić information content (AvgIpc) is 2.58. The summed E-state index contributed by atoms with van der Waals surface area (Å²) in [5.41, 5.74) is 0.299. The van der Waals surface area contributed by atoms with Gasteiger partial charge in [-0.15, -0.1) is 0 Å². The van der Waals surface area contributed by atoms with Gasteiger partial charge in [-0.1, -0.05) is 25.1 Å². The highest BCUT2D eigenvalue weighted by Gasteiger charge is 2.22. The van der Waals surface area contributed by atoms with Gasteiger partial charge >= 0.3 is 0 Å². The Morgan fingerprint density at radius 1 is 1.48 bits per heavy atom. The summed E-state index contributed by atoms with van der Waals surface area (Å²) in [6, 6.07) is 6.31. The summed E-state index contributed by atoms with van der Waals surface area (Å²) in [6.07, 6.45) is 0.212. The number of nitrogens with zero attached hydrogens (tertiary/aromatic N) is 2. The molecule has 1 saturated heterocycles. The summed E-state index contributed by atoms with van der Waals surface area (Å²) in [5.74, 6) is 1.50. The molecule has 2 atom stereocenters. The van der Waals surface area contributed by atoms with E-state index in [1.165, 1.54) is 6.07 Å². The Morgan fingerprint density at radius 2 is 2.26 bits per heavy atom. The number of aliphatic hydroxyl groups is 1. The molecule has 0 radical (unpaired) electrons. The lowest BCUT2D eigenvalue weighted by Gasteiger charge is -2.34. The highest BCUT2D eigenvalue weighted by atomic mass is 32.2. The van der Waals surface area contributed by atoms with Crippen molar-refractivity contribution in [3.63, 3.8) is 0 Å². The minimum Gasteiger partial charge on any atom is -0.386 e. The molecule has 0 aromatic heterocycles. The smallest absolute Gasteiger partial charge is 0.194 e. The van der Waals surface area contributed by atoms with Gasteiger partial charge in [-0.2, -0.15) is 11.8 Å². The fourth-order valence-electron chi connectivity index (χ4n) is 2.60. The average molecular weight is 339 g/mol. The summed E-state index contributed by atoms with van der Waals surface area (Å²) in [4.78, 5) is 6.77. The molecule has 0 saturated carbocycles. The molecule has 6 heteroatoms. The van der Waals surface area contributed by atoms with Crippen LogP contribution in [-0.4, -0.2) is 53.1 Å². The molecular weight excluding hydrogens is 313 g/mol. The number of halogens is 1. The van der Waals surface area contributed by atoms with Crippen LogP contribution in [0.5, 0.6) is 0 Å². The van der Waals surface area contributed by atoms with E-state index in [4.69, 9.17) is 0 Å². The van der Waals surface area contributed by atoms with Crippen LogP contribution in [0.15, 0.2) is 29.3 Å². The minimum atomic E-state index is -0.925. The Morgan fingerprint density at radius 3 is 2.96 bits per heavy atom. The molecule has 0 spiro atoms. The van der Waals surface area contributed by atoms with E-state index >= 15 is 0 Å². The first-order valence-corrected chi connectivity index (χ1v) is 9.27. The molecule has 128 valence electrons. The van der Waals surface area contributed by atoms with E-state index in [9.17, 15) is 9.50 Å². The Labute approximate surface area is 142 Å². The number of thioether (sulfide) groups is 1. The van der Waals surface area contributed by atoms with Crippen molar-refractivity contribution in [1.29, 1.82) is 0 Å². The lowest BCUT2D eigenvalue weighted by Crippen LogP contribution is -2.48. The Hall–Kier alpha value is -1.27. The molecule has 4 nitrogen and oxygen atoms in total. The number of benzene rings is 1. The number of aliphatic hydroxyl groups excluding tert-OH is 1. The third kappa shape index (κ3) is 5.11. The van der Waals surface area contributed by atoms with Crippen LogP contribution in [-0.2, 0) is 0 Å². The van der Waals surface area contributed by atoms with Gasteiger partial charge in [0.25, 0.3) is 0 Å². The number of guanidine groups is 1. The molecule has 1 aromatic carbocycles. The predicted octanol–water partition coefficient (Wildman–Crippen LogP) is 2.65. The van der Waals surface area contributed by atoms with E-state index in [2.05, 4.69) is 22.1 Å². The molecule has 0 bridgehead atoms.